The molecule has 1 amide bonds. The number of carbonyl (C=O) groups is 1. The summed E-state index contributed by atoms with van der Waals surface area (Å²) >= 11 is 0. The van der Waals surface area contributed by atoms with Gasteiger partial charge in [-0.25, -0.2) is 12.8 Å². The number of hydrogen-bond donors (Lipinski definition) is 2. The molecule has 2 aromatic rings. The molecule has 1 aliphatic rings. The van der Waals surface area contributed by atoms with Gasteiger partial charge in [-0.2, -0.15) is 0 Å². The van der Waals surface area contributed by atoms with E-state index >= 15 is 0 Å². The first kappa shape index (κ1) is 20.9. The molecule has 1 aliphatic heterocycles. The van der Waals surface area contributed by atoms with Crippen molar-refractivity contribution in [1.29, 1.82) is 0 Å². The minimum Gasteiger partial charge on any atom is -0.488 e. The summed E-state index contributed by atoms with van der Waals surface area (Å²) in [6.45, 7) is 4.47. The molecule has 2 N–H and O–H groups in total. The van der Waals surface area contributed by atoms with Gasteiger partial charge in [0.15, 0.2) is 0 Å². The van der Waals surface area contributed by atoms with Crippen LogP contribution in [-0.2, 0) is 21.4 Å². The molecule has 6 nitrogen and oxygen atoms in total. The Balaban J connectivity index is 1.66. The highest BCUT2D eigenvalue weighted by atomic mass is 32.2. The fourth-order valence-corrected chi connectivity index (χ4v) is 3.48. The van der Waals surface area contributed by atoms with Crippen molar-refractivity contribution in [2.45, 2.75) is 26.3 Å². The van der Waals surface area contributed by atoms with Crippen LogP contribution in [0.2, 0.25) is 0 Å². The van der Waals surface area contributed by atoms with Crippen LogP contribution in [0.15, 0.2) is 42.0 Å². The fraction of sp³-hybridized carbons (Fsp3) is 0.286. The molecule has 3 rings (SSSR count). The van der Waals surface area contributed by atoms with E-state index in [9.17, 15) is 17.6 Å². The quantitative estimate of drug-likeness (QED) is 0.753. The number of hydrogen-bond acceptors (Lipinski definition) is 4. The second-order valence-corrected chi connectivity index (χ2v) is 9.03. The third-order valence-corrected chi connectivity index (χ3v) is 5.08. The van der Waals surface area contributed by atoms with Gasteiger partial charge in [-0.3, -0.25) is 9.52 Å². The standard InChI is InChI=1S/C21H23FN2O4S/c1-13(2)15-5-6-16-9-17(12-28-20(16)10-15)21(25)23-11-14-4-7-19(18(22)8-14)24-29(3,26)27/h4-10,13,24H,11-12H2,1-3H3,(H,23,25). The van der Waals surface area contributed by atoms with Crippen LogP contribution in [0.3, 0.4) is 0 Å². The van der Waals surface area contributed by atoms with Gasteiger partial charge in [0.05, 0.1) is 17.5 Å². The summed E-state index contributed by atoms with van der Waals surface area (Å²) in [4.78, 5) is 12.5. The molecule has 8 heteroatoms. The predicted molar refractivity (Wildman–Crippen MR) is 111 cm³/mol. The topological polar surface area (TPSA) is 84.5 Å². The number of carbonyl (C=O) groups excluding carboxylic acids is 1. The zero-order chi connectivity index (χ0) is 21.2. The summed E-state index contributed by atoms with van der Waals surface area (Å²) in [5, 5.41) is 2.73. The number of ether oxygens (including phenoxy) is 1. The summed E-state index contributed by atoms with van der Waals surface area (Å²) in [6, 6.07) is 9.98. The molecule has 0 aromatic heterocycles. The molecule has 0 bridgehead atoms. The minimum atomic E-state index is -3.57. The highest BCUT2D eigenvalue weighted by molar-refractivity contribution is 7.92. The van der Waals surface area contributed by atoms with Crippen molar-refractivity contribution in [2.75, 3.05) is 17.6 Å². The van der Waals surface area contributed by atoms with Crippen molar-refractivity contribution < 1.29 is 22.3 Å². The summed E-state index contributed by atoms with van der Waals surface area (Å²) in [6.07, 6.45) is 2.74. The van der Waals surface area contributed by atoms with Crippen LogP contribution in [0.4, 0.5) is 10.1 Å². The molecule has 0 saturated carbocycles. The van der Waals surface area contributed by atoms with Crippen LogP contribution in [0.25, 0.3) is 6.08 Å². The highest BCUT2D eigenvalue weighted by Crippen LogP contribution is 2.30. The van der Waals surface area contributed by atoms with Crippen molar-refractivity contribution in [3.05, 3.63) is 64.5 Å². The Kier molecular flexibility index (Phi) is 5.93. The molecule has 0 spiro atoms. The normalized spacial score (nSPS) is 13.3. The van der Waals surface area contributed by atoms with Crippen LogP contribution in [0.1, 0.15) is 36.5 Å². The number of anilines is 1. The second kappa shape index (κ2) is 8.24. The van der Waals surface area contributed by atoms with E-state index < -0.39 is 15.8 Å². The van der Waals surface area contributed by atoms with E-state index in [1.165, 1.54) is 17.7 Å². The van der Waals surface area contributed by atoms with Crippen molar-refractivity contribution >= 4 is 27.7 Å². The maximum Gasteiger partial charge on any atom is 0.250 e. The second-order valence-electron chi connectivity index (χ2n) is 7.28. The fourth-order valence-electron chi connectivity index (χ4n) is 2.92. The lowest BCUT2D eigenvalue weighted by Crippen LogP contribution is -2.28. The Morgan fingerprint density at radius 2 is 1.97 bits per heavy atom. The Morgan fingerprint density at radius 1 is 1.21 bits per heavy atom. The number of sulfonamides is 1. The molecule has 0 radical (unpaired) electrons. The average molecular weight is 418 g/mol. The number of benzene rings is 2. The zero-order valence-corrected chi connectivity index (χ0v) is 17.3. The summed E-state index contributed by atoms with van der Waals surface area (Å²) in [5.74, 6) is 0.125. The highest BCUT2D eigenvalue weighted by Gasteiger charge is 2.18. The Labute approximate surface area is 169 Å². The first-order chi connectivity index (χ1) is 13.6. The molecule has 29 heavy (non-hydrogen) atoms. The molecule has 0 saturated heterocycles. The summed E-state index contributed by atoms with van der Waals surface area (Å²) in [5.41, 5.74) is 2.86. The lowest BCUT2D eigenvalue weighted by molar-refractivity contribution is -0.117. The summed E-state index contributed by atoms with van der Waals surface area (Å²) < 4.78 is 44.3. The van der Waals surface area contributed by atoms with E-state index in [1.54, 1.807) is 12.1 Å². The van der Waals surface area contributed by atoms with Crippen LogP contribution in [0, 0.1) is 5.82 Å². The smallest absolute Gasteiger partial charge is 0.250 e. The Hall–Kier alpha value is -2.87. The number of halogens is 1. The zero-order valence-electron chi connectivity index (χ0n) is 16.5. The van der Waals surface area contributed by atoms with Crippen LogP contribution in [-0.4, -0.2) is 27.2 Å². The van der Waals surface area contributed by atoms with Crippen molar-refractivity contribution in [3.63, 3.8) is 0 Å². The van der Waals surface area contributed by atoms with Gasteiger partial charge in [0.2, 0.25) is 10.0 Å². The van der Waals surface area contributed by atoms with Crippen molar-refractivity contribution in [3.8, 4) is 5.75 Å². The maximum absolute atomic E-state index is 14.0. The maximum atomic E-state index is 14.0. The monoisotopic (exact) mass is 418 g/mol. The minimum absolute atomic E-state index is 0.103. The molecule has 1 heterocycles. The van der Waals surface area contributed by atoms with Gasteiger partial charge in [0, 0.05) is 12.1 Å². The lowest BCUT2D eigenvalue weighted by atomic mass is 9.99. The van der Waals surface area contributed by atoms with Crippen LogP contribution < -0.4 is 14.8 Å². The molecule has 154 valence electrons. The number of rotatable bonds is 6. The molecular formula is C21H23FN2O4S. The molecule has 0 unspecified atom stereocenters. The molecule has 0 aliphatic carbocycles. The molecular weight excluding hydrogens is 395 g/mol. The largest absolute Gasteiger partial charge is 0.488 e. The number of nitrogens with one attached hydrogen (secondary N) is 2. The molecule has 2 aromatic carbocycles. The van der Waals surface area contributed by atoms with Gasteiger partial charge < -0.3 is 10.1 Å². The Bertz CT molecular complexity index is 1080. The summed E-state index contributed by atoms with van der Waals surface area (Å²) in [7, 11) is -3.57. The lowest BCUT2D eigenvalue weighted by Gasteiger charge is -2.19. The van der Waals surface area contributed by atoms with Crippen LogP contribution >= 0.6 is 0 Å². The van der Waals surface area contributed by atoms with E-state index in [1.807, 2.05) is 18.2 Å². The van der Waals surface area contributed by atoms with Crippen LogP contribution in [0.5, 0.6) is 5.75 Å². The molecule has 0 atom stereocenters. The predicted octanol–water partition coefficient (Wildman–Crippen LogP) is 3.41. The number of amides is 1. The van der Waals surface area contributed by atoms with Crippen molar-refractivity contribution in [2.24, 2.45) is 0 Å². The van der Waals surface area contributed by atoms with E-state index in [4.69, 9.17) is 4.74 Å². The van der Waals surface area contributed by atoms with Gasteiger partial charge >= 0.3 is 0 Å². The van der Waals surface area contributed by atoms with Gasteiger partial charge in [-0.05, 0) is 41.3 Å². The third kappa shape index (κ3) is 5.35. The van der Waals surface area contributed by atoms with Crippen molar-refractivity contribution in [1.82, 2.24) is 5.32 Å². The number of fused-ring (bicyclic) bond motifs is 1. The van der Waals surface area contributed by atoms with E-state index in [2.05, 4.69) is 23.9 Å². The van der Waals surface area contributed by atoms with E-state index in [-0.39, 0.29) is 24.7 Å². The van der Waals surface area contributed by atoms with Gasteiger partial charge in [0.1, 0.15) is 18.2 Å². The average Bonchev–Trinajstić information content (AvgIpc) is 2.66. The SMILES string of the molecule is CC(C)c1ccc2c(c1)OCC(C(=O)NCc1ccc(NS(C)(=O)=O)c(F)c1)=C2. The first-order valence-corrected chi connectivity index (χ1v) is 11.0. The van der Waals surface area contributed by atoms with Gasteiger partial charge in [-0.15, -0.1) is 0 Å². The third-order valence-electron chi connectivity index (χ3n) is 4.49. The van der Waals surface area contributed by atoms with E-state index in [0.717, 1.165) is 17.6 Å². The first-order valence-electron chi connectivity index (χ1n) is 9.14. The molecule has 0 fully saturated rings. The van der Waals surface area contributed by atoms with Gasteiger partial charge in [0.25, 0.3) is 5.91 Å². The Morgan fingerprint density at radius 3 is 2.62 bits per heavy atom. The van der Waals surface area contributed by atoms with E-state index in [0.29, 0.717) is 17.1 Å². The van der Waals surface area contributed by atoms with Gasteiger partial charge in [-0.1, -0.05) is 32.0 Å².